The zero-order valence-electron chi connectivity index (χ0n) is 9.39. The lowest BCUT2D eigenvalue weighted by Gasteiger charge is -2.16. The molecule has 0 atom stereocenters. The Balaban J connectivity index is 2.53. The second-order valence-corrected chi connectivity index (χ2v) is 4.12. The number of rotatable bonds is 6. The van der Waals surface area contributed by atoms with E-state index in [9.17, 15) is 0 Å². The second-order valence-electron chi connectivity index (χ2n) is 3.13. The molecule has 0 amide bonds. The number of hydrazone groups is 1. The first-order chi connectivity index (χ1) is 7.38. The van der Waals surface area contributed by atoms with Gasteiger partial charge in [-0.15, -0.1) is 0 Å². The van der Waals surface area contributed by atoms with Crippen LogP contribution in [0.5, 0.6) is 0 Å². The highest BCUT2D eigenvalue weighted by Gasteiger charge is 1.98. The summed E-state index contributed by atoms with van der Waals surface area (Å²) in [4.78, 5) is 0. The Morgan fingerprint density at radius 2 is 2.07 bits per heavy atom. The third kappa shape index (κ3) is 4.38. The van der Waals surface area contributed by atoms with Gasteiger partial charge in [0.1, 0.15) is 0 Å². The number of hydrogen-bond acceptors (Lipinski definition) is 3. The molecule has 0 N–H and O–H groups in total. The maximum Gasteiger partial charge on any atom is 0.0593 e. The van der Waals surface area contributed by atoms with E-state index in [-0.39, 0.29) is 0 Å². The summed E-state index contributed by atoms with van der Waals surface area (Å²) in [5, 5.41) is 6.46. The van der Waals surface area contributed by atoms with E-state index < -0.39 is 0 Å². The summed E-state index contributed by atoms with van der Waals surface area (Å²) >= 11 is 1.85. The fourth-order valence-electron chi connectivity index (χ4n) is 1.26. The molecule has 0 saturated carbocycles. The first-order valence-corrected chi connectivity index (χ1v) is 6.61. The van der Waals surface area contributed by atoms with Crippen LogP contribution in [0.3, 0.4) is 0 Å². The molecular weight excluding hydrogens is 204 g/mol. The van der Waals surface area contributed by atoms with Crippen molar-refractivity contribution in [3.63, 3.8) is 0 Å². The first kappa shape index (κ1) is 12.1. The Kier molecular flexibility index (Phi) is 5.93. The highest BCUT2D eigenvalue weighted by Crippen LogP contribution is 2.12. The van der Waals surface area contributed by atoms with Crippen LogP contribution in [0.25, 0.3) is 0 Å². The average molecular weight is 222 g/mol. The molecule has 0 aliphatic heterocycles. The molecule has 0 unspecified atom stereocenters. The summed E-state index contributed by atoms with van der Waals surface area (Å²) in [6.45, 7) is 3.01. The maximum absolute atomic E-state index is 4.44. The average Bonchev–Trinajstić information content (AvgIpc) is 2.30. The monoisotopic (exact) mass is 222 g/mol. The highest BCUT2D eigenvalue weighted by atomic mass is 32.2. The van der Waals surface area contributed by atoms with Gasteiger partial charge in [-0.3, -0.25) is 5.01 Å². The predicted molar refractivity (Wildman–Crippen MR) is 71.0 cm³/mol. The van der Waals surface area contributed by atoms with Crippen molar-refractivity contribution in [3.05, 3.63) is 30.3 Å². The van der Waals surface area contributed by atoms with Gasteiger partial charge in [0.25, 0.3) is 0 Å². The van der Waals surface area contributed by atoms with Gasteiger partial charge in [-0.1, -0.05) is 18.2 Å². The molecule has 0 bridgehead atoms. The van der Waals surface area contributed by atoms with E-state index in [1.807, 2.05) is 41.2 Å². The zero-order chi connectivity index (χ0) is 10.9. The first-order valence-electron chi connectivity index (χ1n) is 5.22. The van der Waals surface area contributed by atoms with Gasteiger partial charge in [-0.2, -0.15) is 16.9 Å². The van der Waals surface area contributed by atoms with Crippen LogP contribution in [0.2, 0.25) is 0 Å². The normalized spacial score (nSPS) is 10.8. The topological polar surface area (TPSA) is 15.6 Å². The number of benzene rings is 1. The quantitative estimate of drug-likeness (QED) is 0.417. The van der Waals surface area contributed by atoms with Crippen LogP contribution in [0.4, 0.5) is 5.69 Å². The molecule has 2 nitrogen and oxygen atoms in total. The van der Waals surface area contributed by atoms with Gasteiger partial charge < -0.3 is 0 Å². The highest BCUT2D eigenvalue weighted by molar-refractivity contribution is 7.98. The van der Waals surface area contributed by atoms with Crippen molar-refractivity contribution >= 4 is 23.7 Å². The smallest absolute Gasteiger partial charge is 0.0593 e. The molecule has 0 spiro atoms. The minimum atomic E-state index is 0.903. The van der Waals surface area contributed by atoms with Crippen molar-refractivity contribution in [2.75, 3.05) is 23.6 Å². The molecule has 0 radical (unpaired) electrons. The standard InChI is InChI=1S/C12H18N2S/c1-3-14(13-10-7-11-15-2)12-8-5-4-6-9-12/h4-6,8-10H,3,7,11H2,1-2H3. The molecule has 0 heterocycles. The SMILES string of the molecule is CCN(N=CCCSC)c1ccccc1. The zero-order valence-corrected chi connectivity index (χ0v) is 10.2. The van der Waals surface area contributed by atoms with Crippen LogP contribution in [-0.2, 0) is 0 Å². The summed E-state index contributed by atoms with van der Waals surface area (Å²) in [6, 6.07) is 10.3. The van der Waals surface area contributed by atoms with Crippen LogP contribution in [0.15, 0.2) is 35.4 Å². The maximum atomic E-state index is 4.44. The Labute approximate surface area is 96.4 Å². The number of para-hydroxylation sites is 1. The molecule has 0 aliphatic rings. The summed E-state index contributed by atoms with van der Waals surface area (Å²) in [6.07, 6.45) is 5.14. The Morgan fingerprint density at radius 1 is 1.33 bits per heavy atom. The van der Waals surface area contributed by atoms with Gasteiger partial charge in [-0.25, -0.2) is 0 Å². The van der Waals surface area contributed by atoms with Gasteiger partial charge in [-0.05, 0) is 37.5 Å². The van der Waals surface area contributed by atoms with Gasteiger partial charge in [0.15, 0.2) is 0 Å². The molecular formula is C12H18N2S. The molecule has 0 saturated heterocycles. The van der Waals surface area contributed by atoms with Crippen molar-refractivity contribution in [1.29, 1.82) is 0 Å². The fourth-order valence-corrected chi connectivity index (χ4v) is 1.60. The summed E-state index contributed by atoms with van der Waals surface area (Å²) in [5.74, 6) is 1.13. The number of thioether (sulfide) groups is 1. The molecule has 0 aliphatic carbocycles. The summed E-state index contributed by atoms with van der Waals surface area (Å²) in [5.41, 5.74) is 1.15. The molecule has 82 valence electrons. The number of anilines is 1. The minimum absolute atomic E-state index is 0.903. The predicted octanol–water partition coefficient (Wildman–Crippen LogP) is 3.25. The van der Waals surface area contributed by atoms with Crippen LogP contribution in [0.1, 0.15) is 13.3 Å². The second kappa shape index (κ2) is 7.35. The Morgan fingerprint density at radius 3 is 2.67 bits per heavy atom. The van der Waals surface area contributed by atoms with Crippen LogP contribution >= 0.6 is 11.8 Å². The van der Waals surface area contributed by atoms with E-state index in [0.29, 0.717) is 0 Å². The molecule has 15 heavy (non-hydrogen) atoms. The van der Waals surface area contributed by atoms with E-state index in [1.165, 1.54) is 0 Å². The molecule has 1 aromatic carbocycles. The summed E-state index contributed by atoms with van der Waals surface area (Å²) < 4.78 is 0. The van der Waals surface area contributed by atoms with E-state index in [0.717, 1.165) is 24.4 Å². The van der Waals surface area contributed by atoms with E-state index >= 15 is 0 Å². The van der Waals surface area contributed by atoms with Crippen LogP contribution < -0.4 is 5.01 Å². The van der Waals surface area contributed by atoms with Crippen molar-refractivity contribution in [2.24, 2.45) is 5.10 Å². The van der Waals surface area contributed by atoms with Crippen LogP contribution in [0, 0.1) is 0 Å². The van der Waals surface area contributed by atoms with Crippen molar-refractivity contribution in [3.8, 4) is 0 Å². The van der Waals surface area contributed by atoms with Crippen molar-refractivity contribution in [1.82, 2.24) is 0 Å². The molecule has 1 rings (SSSR count). The molecule has 1 aromatic rings. The van der Waals surface area contributed by atoms with Gasteiger partial charge in [0, 0.05) is 12.8 Å². The summed E-state index contributed by atoms with van der Waals surface area (Å²) in [7, 11) is 0. The van der Waals surface area contributed by atoms with E-state index in [2.05, 4.69) is 30.4 Å². The largest absolute Gasteiger partial charge is 0.266 e. The van der Waals surface area contributed by atoms with Gasteiger partial charge in [0.05, 0.1) is 5.69 Å². The van der Waals surface area contributed by atoms with Gasteiger partial charge in [0.2, 0.25) is 0 Å². The molecule has 0 aromatic heterocycles. The Bertz CT molecular complexity index is 285. The lowest BCUT2D eigenvalue weighted by Crippen LogP contribution is -2.15. The lowest BCUT2D eigenvalue weighted by atomic mass is 10.3. The van der Waals surface area contributed by atoms with E-state index in [4.69, 9.17) is 0 Å². The third-order valence-electron chi connectivity index (χ3n) is 2.03. The van der Waals surface area contributed by atoms with Crippen LogP contribution in [-0.4, -0.2) is 24.8 Å². The van der Waals surface area contributed by atoms with Gasteiger partial charge >= 0.3 is 0 Å². The molecule has 3 heteroatoms. The Hall–Kier alpha value is -0.960. The van der Waals surface area contributed by atoms with Crippen molar-refractivity contribution in [2.45, 2.75) is 13.3 Å². The third-order valence-corrected chi connectivity index (χ3v) is 2.67. The fraction of sp³-hybridized carbons (Fsp3) is 0.417. The minimum Gasteiger partial charge on any atom is -0.266 e. The number of nitrogens with zero attached hydrogens (tertiary/aromatic N) is 2. The lowest BCUT2D eigenvalue weighted by molar-refractivity contribution is 0.893. The van der Waals surface area contributed by atoms with Crippen molar-refractivity contribution < 1.29 is 0 Å². The number of hydrogen-bond donors (Lipinski definition) is 0. The molecule has 0 fully saturated rings. The van der Waals surface area contributed by atoms with E-state index in [1.54, 1.807) is 0 Å².